The van der Waals surface area contributed by atoms with E-state index in [1.807, 2.05) is 0 Å². The van der Waals surface area contributed by atoms with Gasteiger partial charge in [-0.2, -0.15) is 4.31 Å². The van der Waals surface area contributed by atoms with Crippen LogP contribution in [0.15, 0.2) is 77.7 Å². The van der Waals surface area contributed by atoms with Crippen molar-refractivity contribution in [2.24, 2.45) is 0 Å². The highest BCUT2D eigenvalue weighted by molar-refractivity contribution is 7.89. The fraction of sp³-hybridized carbons (Fsp3) is 0.174. The number of nitrogens with zero attached hydrogens (tertiary/aromatic N) is 1. The molecule has 0 bridgehead atoms. The molecule has 166 valence electrons. The van der Waals surface area contributed by atoms with Gasteiger partial charge in [-0.1, -0.05) is 41.9 Å². The molecule has 7 nitrogen and oxygen atoms in total. The fourth-order valence-corrected chi connectivity index (χ4v) is 4.77. The number of fused-ring (bicyclic) bond motifs is 1. The van der Waals surface area contributed by atoms with E-state index in [1.54, 1.807) is 60.7 Å². The van der Waals surface area contributed by atoms with Crippen molar-refractivity contribution in [3.8, 4) is 11.5 Å². The lowest BCUT2D eigenvalue weighted by atomic mass is 10.2. The molecule has 0 spiro atoms. The third-order valence-corrected chi connectivity index (χ3v) is 6.86. The average molecular weight is 473 g/mol. The molecule has 1 aliphatic rings. The van der Waals surface area contributed by atoms with E-state index in [0.717, 1.165) is 4.31 Å². The van der Waals surface area contributed by atoms with Crippen molar-refractivity contribution in [2.75, 3.05) is 25.1 Å². The average Bonchev–Trinajstić information content (AvgIpc) is 2.80. The molecule has 3 aromatic carbocycles. The van der Waals surface area contributed by atoms with Gasteiger partial charge >= 0.3 is 0 Å². The van der Waals surface area contributed by atoms with Crippen LogP contribution in [0, 0.1) is 0 Å². The van der Waals surface area contributed by atoms with Crippen molar-refractivity contribution in [1.29, 1.82) is 0 Å². The maximum absolute atomic E-state index is 13.3. The monoisotopic (exact) mass is 472 g/mol. The lowest BCUT2D eigenvalue weighted by Gasteiger charge is -2.22. The summed E-state index contributed by atoms with van der Waals surface area (Å²) in [5.41, 5.74) is 1.20. The first-order valence-corrected chi connectivity index (χ1v) is 11.7. The van der Waals surface area contributed by atoms with Crippen molar-refractivity contribution in [1.82, 2.24) is 4.31 Å². The molecule has 1 aliphatic heterocycles. The van der Waals surface area contributed by atoms with Crippen LogP contribution in [0.1, 0.15) is 5.56 Å². The third-order valence-electron chi connectivity index (χ3n) is 4.80. The number of carbonyl (C=O) groups excluding carboxylic acids is 1. The van der Waals surface area contributed by atoms with Gasteiger partial charge in [-0.15, -0.1) is 0 Å². The molecule has 9 heteroatoms. The van der Waals surface area contributed by atoms with Crippen LogP contribution < -0.4 is 14.8 Å². The molecule has 1 amide bonds. The van der Waals surface area contributed by atoms with E-state index in [0.29, 0.717) is 41.0 Å². The molecule has 0 aliphatic carbocycles. The molecule has 4 rings (SSSR count). The van der Waals surface area contributed by atoms with Gasteiger partial charge in [0.25, 0.3) is 0 Å². The minimum absolute atomic E-state index is 0.0168. The van der Waals surface area contributed by atoms with Crippen LogP contribution in [-0.4, -0.2) is 38.4 Å². The molecule has 0 saturated heterocycles. The van der Waals surface area contributed by atoms with Crippen LogP contribution in [0.3, 0.4) is 0 Å². The van der Waals surface area contributed by atoms with Crippen LogP contribution in [0.5, 0.6) is 11.5 Å². The Bertz CT molecular complexity index is 1200. The molecular weight excluding hydrogens is 452 g/mol. The number of benzene rings is 3. The van der Waals surface area contributed by atoms with Crippen molar-refractivity contribution in [3.63, 3.8) is 0 Å². The van der Waals surface area contributed by atoms with Crippen LogP contribution >= 0.6 is 11.6 Å². The lowest BCUT2D eigenvalue weighted by Crippen LogP contribution is -2.37. The van der Waals surface area contributed by atoms with Crippen molar-refractivity contribution < 1.29 is 22.7 Å². The molecule has 1 heterocycles. The summed E-state index contributed by atoms with van der Waals surface area (Å²) in [6.45, 7) is 0.543. The predicted octanol–water partition coefficient (Wildman–Crippen LogP) is 3.94. The zero-order chi connectivity index (χ0) is 22.6. The Morgan fingerprint density at radius 1 is 0.938 bits per heavy atom. The Kier molecular flexibility index (Phi) is 6.64. The summed E-state index contributed by atoms with van der Waals surface area (Å²) in [5.74, 6) is 0.657. The summed E-state index contributed by atoms with van der Waals surface area (Å²) >= 11 is 5.94. The second-order valence-corrected chi connectivity index (χ2v) is 9.49. The Labute approximate surface area is 191 Å². The zero-order valence-electron chi connectivity index (χ0n) is 17.0. The number of amides is 1. The van der Waals surface area contributed by atoms with E-state index in [-0.39, 0.29) is 18.0 Å². The third kappa shape index (κ3) is 5.21. The number of hydrogen-bond acceptors (Lipinski definition) is 5. The summed E-state index contributed by atoms with van der Waals surface area (Å²) in [6, 6.07) is 19.9. The maximum Gasteiger partial charge on any atom is 0.243 e. The molecule has 0 aromatic heterocycles. The second kappa shape index (κ2) is 9.60. The smallest absolute Gasteiger partial charge is 0.243 e. The summed E-state index contributed by atoms with van der Waals surface area (Å²) in [6.07, 6.45) is 0. The number of halogens is 1. The number of anilines is 1. The number of nitrogens with one attached hydrogen (secondary N) is 1. The lowest BCUT2D eigenvalue weighted by molar-refractivity contribution is -0.116. The summed E-state index contributed by atoms with van der Waals surface area (Å²) < 4.78 is 38.7. The summed E-state index contributed by atoms with van der Waals surface area (Å²) in [5, 5.41) is 3.28. The molecular formula is C23H21ClN2O5S. The number of sulfonamides is 1. The molecule has 0 radical (unpaired) electrons. The first-order valence-electron chi connectivity index (χ1n) is 9.91. The minimum Gasteiger partial charge on any atom is -0.486 e. The first-order chi connectivity index (χ1) is 15.4. The van der Waals surface area contributed by atoms with Crippen molar-refractivity contribution >= 4 is 33.2 Å². The molecule has 1 N–H and O–H groups in total. The van der Waals surface area contributed by atoms with Crippen LogP contribution in [0.25, 0.3) is 0 Å². The van der Waals surface area contributed by atoms with Gasteiger partial charge in [0.05, 0.1) is 11.4 Å². The highest BCUT2D eigenvalue weighted by Gasteiger charge is 2.27. The number of ether oxygens (including phenoxy) is 2. The number of carbonyl (C=O) groups is 1. The largest absolute Gasteiger partial charge is 0.486 e. The quantitative estimate of drug-likeness (QED) is 0.563. The Morgan fingerprint density at radius 3 is 2.34 bits per heavy atom. The standard InChI is InChI=1S/C23H21ClN2O5S/c24-18-8-6-17(7-9-18)15-26(32(28,29)20-4-2-1-3-5-20)16-23(27)25-19-10-11-21-22(14-19)31-13-12-30-21/h1-11,14H,12-13,15-16H2,(H,25,27). The van der Waals surface area contributed by atoms with Gasteiger partial charge in [-0.25, -0.2) is 8.42 Å². The number of hydrogen-bond donors (Lipinski definition) is 1. The van der Waals surface area contributed by atoms with E-state index in [2.05, 4.69) is 5.32 Å². The second-order valence-electron chi connectivity index (χ2n) is 7.12. The molecule has 32 heavy (non-hydrogen) atoms. The zero-order valence-corrected chi connectivity index (χ0v) is 18.6. The van der Waals surface area contributed by atoms with E-state index >= 15 is 0 Å². The molecule has 3 aromatic rings. The molecule has 0 saturated carbocycles. The van der Waals surface area contributed by atoms with Crippen LogP contribution in [0.2, 0.25) is 5.02 Å². The molecule has 0 atom stereocenters. The summed E-state index contributed by atoms with van der Waals surface area (Å²) in [7, 11) is -3.92. The molecule has 0 fully saturated rings. The fourth-order valence-electron chi connectivity index (χ4n) is 3.24. The van der Waals surface area contributed by atoms with Crippen LogP contribution in [0.4, 0.5) is 5.69 Å². The topological polar surface area (TPSA) is 84.9 Å². The van der Waals surface area contributed by atoms with Crippen LogP contribution in [-0.2, 0) is 21.4 Å². The van der Waals surface area contributed by atoms with E-state index in [1.165, 1.54) is 12.1 Å². The highest BCUT2D eigenvalue weighted by Crippen LogP contribution is 2.32. The highest BCUT2D eigenvalue weighted by atomic mass is 35.5. The van der Waals surface area contributed by atoms with Gasteiger partial charge in [0.1, 0.15) is 13.2 Å². The Hall–Kier alpha value is -3.07. The van der Waals surface area contributed by atoms with Crippen molar-refractivity contribution in [3.05, 3.63) is 83.4 Å². The van der Waals surface area contributed by atoms with Crippen molar-refractivity contribution in [2.45, 2.75) is 11.4 Å². The first kappa shape index (κ1) is 22.1. The van der Waals surface area contributed by atoms with E-state index in [4.69, 9.17) is 21.1 Å². The number of rotatable bonds is 7. The maximum atomic E-state index is 13.3. The van der Waals surface area contributed by atoms with Gasteiger partial charge in [0.15, 0.2) is 11.5 Å². The van der Waals surface area contributed by atoms with E-state index in [9.17, 15) is 13.2 Å². The van der Waals surface area contributed by atoms with E-state index < -0.39 is 15.9 Å². The van der Waals surface area contributed by atoms with Gasteiger partial charge in [-0.05, 0) is 42.0 Å². The molecule has 0 unspecified atom stereocenters. The predicted molar refractivity (Wildman–Crippen MR) is 122 cm³/mol. The van der Waals surface area contributed by atoms with Gasteiger partial charge in [0.2, 0.25) is 15.9 Å². The minimum atomic E-state index is -3.92. The SMILES string of the molecule is O=C(CN(Cc1ccc(Cl)cc1)S(=O)(=O)c1ccccc1)Nc1ccc2c(c1)OCCO2. The normalized spacial score (nSPS) is 13.1. The summed E-state index contributed by atoms with van der Waals surface area (Å²) in [4.78, 5) is 12.9. The van der Waals surface area contributed by atoms with Gasteiger partial charge in [0, 0.05) is 23.3 Å². The van der Waals surface area contributed by atoms with Gasteiger partial charge < -0.3 is 14.8 Å². The Morgan fingerprint density at radius 2 is 1.62 bits per heavy atom. The Balaban J connectivity index is 1.55. The van der Waals surface area contributed by atoms with Gasteiger partial charge in [-0.3, -0.25) is 4.79 Å².